The number of nitrogens with one attached hydrogen (secondary N) is 2. The van der Waals surface area contributed by atoms with E-state index in [1.165, 1.54) is 50.2 Å². The number of anilines is 2. The quantitative estimate of drug-likeness (QED) is 0.215. The van der Waals surface area contributed by atoms with Gasteiger partial charge in [-0.3, -0.25) is 19.7 Å². The number of ether oxygens (including phenoxy) is 2. The average molecular weight is 516 g/mol. The molecular formula is C24H22ClN3O6S. The number of benzene rings is 3. The van der Waals surface area contributed by atoms with Crippen molar-refractivity contribution in [3.63, 3.8) is 0 Å². The summed E-state index contributed by atoms with van der Waals surface area (Å²) < 4.78 is 10.5. The SMILES string of the molecule is COc1cc(OC)c(NC(=O)C(C)Sc2cccc(NC(=O)c3ccc([N+](=O)[O-])cc3)c2)cc1Cl. The van der Waals surface area contributed by atoms with Crippen LogP contribution in [0.5, 0.6) is 11.5 Å². The van der Waals surface area contributed by atoms with Gasteiger partial charge in [0.2, 0.25) is 5.91 Å². The number of hydrogen-bond donors (Lipinski definition) is 2. The summed E-state index contributed by atoms with van der Waals surface area (Å²) in [5, 5.41) is 16.2. The third-order valence-corrected chi connectivity index (χ3v) is 6.24. The maximum atomic E-state index is 12.8. The van der Waals surface area contributed by atoms with Crippen LogP contribution in [0.4, 0.5) is 17.1 Å². The number of thioether (sulfide) groups is 1. The Kier molecular flexibility index (Phi) is 8.56. The van der Waals surface area contributed by atoms with E-state index in [0.717, 1.165) is 4.90 Å². The minimum atomic E-state index is -0.529. The first-order valence-corrected chi connectivity index (χ1v) is 11.5. The Hall–Kier alpha value is -3.76. The Bertz CT molecular complexity index is 1250. The van der Waals surface area contributed by atoms with E-state index in [1.807, 2.05) is 6.07 Å². The Balaban J connectivity index is 1.65. The summed E-state index contributed by atoms with van der Waals surface area (Å²) in [5.41, 5.74) is 1.13. The van der Waals surface area contributed by atoms with Crippen LogP contribution in [0.25, 0.3) is 0 Å². The number of nitrogens with zero attached hydrogens (tertiary/aromatic N) is 1. The topological polar surface area (TPSA) is 120 Å². The molecule has 3 rings (SSSR count). The Morgan fingerprint density at radius 2 is 1.69 bits per heavy atom. The van der Waals surface area contributed by atoms with Crippen molar-refractivity contribution in [3.8, 4) is 11.5 Å². The molecule has 0 aliphatic heterocycles. The number of carbonyl (C=O) groups is 2. The van der Waals surface area contributed by atoms with Crippen LogP contribution in [0, 0.1) is 10.1 Å². The summed E-state index contributed by atoms with van der Waals surface area (Å²) in [7, 11) is 2.97. The van der Waals surface area contributed by atoms with Crippen LogP contribution in [-0.4, -0.2) is 36.2 Å². The number of non-ortho nitro benzene ring substituents is 1. The van der Waals surface area contributed by atoms with Crippen LogP contribution in [0.1, 0.15) is 17.3 Å². The molecule has 0 bridgehead atoms. The van der Waals surface area contributed by atoms with Gasteiger partial charge in [-0.2, -0.15) is 0 Å². The molecule has 35 heavy (non-hydrogen) atoms. The van der Waals surface area contributed by atoms with Gasteiger partial charge in [0, 0.05) is 34.3 Å². The zero-order valence-electron chi connectivity index (χ0n) is 19.0. The second kappa shape index (κ2) is 11.6. The largest absolute Gasteiger partial charge is 0.495 e. The highest BCUT2D eigenvalue weighted by Crippen LogP contribution is 2.36. The summed E-state index contributed by atoms with van der Waals surface area (Å²) in [4.78, 5) is 36.3. The van der Waals surface area contributed by atoms with Crippen LogP contribution in [0.2, 0.25) is 5.02 Å². The standard InChI is InChI=1S/C24H22ClN3O6S/c1-14(23(29)27-20-12-19(25)21(33-2)13-22(20)34-3)35-18-6-4-5-16(11-18)26-24(30)15-7-9-17(10-8-15)28(31)32/h4-14H,1-3H3,(H,26,30)(H,27,29). The van der Waals surface area contributed by atoms with Crippen LogP contribution >= 0.6 is 23.4 Å². The lowest BCUT2D eigenvalue weighted by Gasteiger charge is -2.16. The van der Waals surface area contributed by atoms with Crippen LogP contribution < -0.4 is 20.1 Å². The van der Waals surface area contributed by atoms with Gasteiger partial charge >= 0.3 is 0 Å². The first-order valence-electron chi connectivity index (χ1n) is 10.3. The zero-order chi connectivity index (χ0) is 25.5. The fraction of sp³-hybridized carbons (Fsp3) is 0.167. The number of methoxy groups -OCH3 is 2. The third kappa shape index (κ3) is 6.65. The molecule has 3 aromatic carbocycles. The van der Waals surface area contributed by atoms with Crippen molar-refractivity contribution >= 4 is 52.2 Å². The molecule has 0 heterocycles. The minimum Gasteiger partial charge on any atom is -0.495 e. The number of halogens is 1. The molecule has 0 fully saturated rings. The van der Waals surface area contributed by atoms with E-state index in [4.69, 9.17) is 21.1 Å². The maximum Gasteiger partial charge on any atom is 0.269 e. The molecule has 0 radical (unpaired) electrons. The van der Waals surface area contributed by atoms with Gasteiger partial charge in [0.25, 0.3) is 11.6 Å². The molecule has 0 saturated heterocycles. The molecule has 0 saturated carbocycles. The maximum absolute atomic E-state index is 12.8. The number of nitro benzene ring substituents is 1. The van der Waals surface area contributed by atoms with Crippen molar-refractivity contribution in [1.29, 1.82) is 0 Å². The third-order valence-electron chi connectivity index (χ3n) is 4.85. The Morgan fingerprint density at radius 3 is 2.31 bits per heavy atom. The smallest absolute Gasteiger partial charge is 0.269 e. The van der Waals surface area contributed by atoms with Gasteiger partial charge in [0.15, 0.2) is 0 Å². The van der Waals surface area contributed by atoms with E-state index >= 15 is 0 Å². The molecule has 1 atom stereocenters. The highest BCUT2D eigenvalue weighted by Gasteiger charge is 2.19. The minimum absolute atomic E-state index is 0.0956. The van der Waals surface area contributed by atoms with Gasteiger partial charge in [-0.25, -0.2) is 0 Å². The first-order chi connectivity index (χ1) is 16.7. The average Bonchev–Trinajstić information content (AvgIpc) is 2.84. The van der Waals surface area contributed by atoms with E-state index in [9.17, 15) is 19.7 Å². The fourth-order valence-corrected chi connectivity index (χ4v) is 4.20. The molecule has 182 valence electrons. The number of hydrogen-bond acceptors (Lipinski definition) is 7. The normalized spacial score (nSPS) is 11.3. The van der Waals surface area contributed by atoms with Crippen molar-refractivity contribution in [3.05, 3.63) is 81.4 Å². The second-order valence-corrected chi connectivity index (χ2v) is 9.04. The molecule has 1 unspecified atom stereocenters. The predicted molar refractivity (Wildman–Crippen MR) is 136 cm³/mol. The van der Waals surface area contributed by atoms with Crippen molar-refractivity contribution in [2.45, 2.75) is 17.1 Å². The predicted octanol–water partition coefficient (Wildman–Crippen LogP) is 5.64. The van der Waals surface area contributed by atoms with E-state index in [1.54, 1.807) is 37.3 Å². The highest BCUT2D eigenvalue weighted by molar-refractivity contribution is 8.00. The van der Waals surface area contributed by atoms with Crippen molar-refractivity contribution in [2.24, 2.45) is 0 Å². The lowest BCUT2D eigenvalue weighted by Crippen LogP contribution is -2.22. The summed E-state index contributed by atoms with van der Waals surface area (Å²) in [6.45, 7) is 1.75. The van der Waals surface area contributed by atoms with E-state index in [2.05, 4.69) is 10.6 Å². The van der Waals surface area contributed by atoms with Gasteiger partial charge in [-0.15, -0.1) is 11.8 Å². The number of nitro groups is 1. The highest BCUT2D eigenvalue weighted by atomic mass is 35.5. The molecule has 9 nitrogen and oxygen atoms in total. The molecule has 2 N–H and O–H groups in total. The molecule has 0 aliphatic carbocycles. The molecular weight excluding hydrogens is 494 g/mol. The van der Waals surface area contributed by atoms with Gasteiger partial charge in [-0.1, -0.05) is 17.7 Å². The number of carbonyl (C=O) groups excluding carboxylic acids is 2. The summed E-state index contributed by atoms with van der Waals surface area (Å²) >= 11 is 7.48. The lowest BCUT2D eigenvalue weighted by atomic mass is 10.2. The number of amides is 2. The van der Waals surface area contributed by atoms with Gasteiger partial charge in [-0.05, 0) is 43.3 Å². The van der Waals surface area contributed by atoms with Gasteiger partial charge in [0.05, 0.1) is 35.1 Å². The summed E-state index contributed by atoms with van der Waals surface area (Å²) in [5.74, 6) is 0.162. The molecule has 3 aromatic rings. The van der Waals surface area contributed by atoms with E-state index in [-0.39, 0.29) is 17.2 Å². The Labute approximate surface area is 210 Å². The van der Waals surface area contributed by atoms with Crippen molar-refractivity contribution in [2.75, 3.05) is 24.9 Å². The molecule has 0 spiro atoms. The first kappa shape index (κ1) is 25.9. The van der Waals surface area contributed by atoms with Crippen molar-refractivity contribution in [1.82, 2.24) is 0 Å². The van der Waals surface area contributed by atoms with E-state index in [0.29, 0.717) is 27.9 Å². The molecule has 0 aliphatic rings. The van der Waals surface area contributed by atoms with Gasteiger partial charge in [0.1, 0.15) is 11.5 Å². The molecule has 2 amide bonds. The van der Waals surface area contributed by atoms with Gasteiger partial charge < -0.3 is 20.1 Å². The van der Waals surface area contributed by atoms with Crippen LogP contribution in [-0.2, 0) is 4.79 Å². The lowest BCUT2D eigenvalue weighted by molar-refractivity contribution is -0.384. The fourth-order valence-electron chi connectivity index (χ4n) is 3.03. The monoisotopic (exact) mass is 515 g/mol. The van der Waals surface area contributed by atoms with E-state index < -0.39 is 16.1 Å². The molecule has 11 heteroatoms. The summed E-state index contributed by atoms with van der Waals surface area (Å²) in [6, 6.07) is 15.5. The van der Waals surface area contributed by atoms with Crippen molar-refractivity contribution < 1.29 is 24.0 Å². The van der Waals surface area contributed by atoms with Crippen LogP contribution in [0.3, 0.4) is 0 Å². The molecule has 0 aromatic heterocycles. The number of rotatable bonds is 9. The van der Waals surface area contributed by atoms with Crippen LogP contribution in [0.15, 0.2) is 65.6 Å². The zero-order valence-corrected chi connectivity index (χ0v) is 20.6. The second-order valence-electron chi connectivity index (χ2n) is 7.22. The Morgan fingerprint density at radius 1 is 1.00 bits per heavy atom. The summed E-state index contributed by atoms with van der Waals surface area (Å²) in [6.07, 6.45) is 0.